The Morgan fingerprint density at radius 1 is 1.40 bits per heavy atom. The van der Waals surface area contributed by atoms with Crippen molar-refractivity contribution < 1.29 is 24.6 Å². The van der Waals surface area contributed by atoms with E-state index in [1.54, 1.807) is 0 Å². The van der Waals surface area contributed by atoms with E-state index < -0.39 is 23.9 Å². The quantitative estimate of drug-likeness (QED) is 0.516. The molecule has 0 radical (unpaired) electrons. The third-order valence-electron chi connectivity index (χ3n) is 2.39. The monoisotopic (exact) mass is 301 g/mol. The zero-order valence-corrected chi connectivity index (χ0v) is 11.4. The van der Waals surface area contributed by atoms with Gasteiger partial charge >= 0.3 is 11.9 Å². The van der Waals surface area contributed by atoms with Crippen molar-refractivity contribution in [3.05, 3.63) is 16.1 Å². The molecule has 1 amide bonds. The summed E-state index contributed by atoms with van der Waals surface area (Å²) in [5, 5.41) is 21.9. The number of hydrogen-bond donors (Lipinski definition) is 4. The second-order valence-corrected chi connectivity index (χ2v) is 4.90. The van der Waals surface area contributed by atoms with Crippen LogP contribution in [0.25, 0.3) is 0 Å². The van der Waals surface area contributed by atoms with Gasteiger partial charge in [-0.1, -0.05) is 0 Å². The van der Waals surface area contributed by atoms with Crippen molar-refractivity contribution in [2.24, 2.45) is 5.73 Å². The summed E-state index contributed by atoms with van der Waals surface area (Å²) in [7, 11) is 0. The predicted molar refractivity (Wildman–Crippen MR) is 70.6 cm³/mol. The number of carbonyl (C=O) groups excluding carboxylic acids is 1. The molecule has 0 aromatic carbocycles. The van der Waals surface area contributed by atoms with E-state index in [1.807, 2.05) is 0 Å². The number of aromatic nitrogens is 1. The minimum atomic E-state index is -1.28. The molecule has 8 nitrogen and oxygen atoms in total. The average molecular weight is 301 g/mol. The molecule has 0 fully saturated rings. The third kappa shape index (κ3) is 4.94. The lowest BCUT2D eigenvalue weighted by Crippen LogP contribution is -2.41. The first-order chi connectivity index (χ1) is 9.43. The Hall–Kier alpha value is -2.00. The van der Waals surface area contributed by atoms with Crippen LogP contribution < -0.4 is 11.1 Å². The van der Waals surface area contributed by atoms with Crippen molar-refractivity contribution in [3.63, 3.8) is 0 Å². The van der Waals surface area contributed by atoms with Crippen LogP contribution in [0.15, 0.2) is 5.38 Å². The summed E-state index contributed by atoms with van der Waals surface area (Å²) in [6.45, 7) is 0.408. The number of hydrogen-bond acceptors (Lipinski definition) is 6. The Bertz CT molecular complexity index is 502. The summed E-state index contributed by atoms with van der Waals surface area (Å²) in [6.07, 6.45) is 0.0161. The zero-order valence-electron chi connectivity index (χ0n) is 10.5. The van der Waals surface area contributed by atoms with Gasteiger partial charge in [0.2, 0.25) is 0 Å². The van der Waals surface area contributed by atoms with Gasteiger partial charge in [0.1, 0.15) is 11.7 Å². The van der Waals surface area contributed by atoms with Gasteiger partial charge in [-0.15, -0.1) is 11.3 Å². The fourth-order valence-corrected chi connectivity index (χ4v) is 2.21. The van der Waals surface area contributed by atoms with Gasteiger partial charge in [-0.3, -0.25) is 9.59 Å². The molecule has 0 saturated heterocycles. The molecule has 110 valence electrons. The van der Waals surface area contributed by atoms with Crippen LogP contribution in [-0.4, -0.2) is 45.6 Å². The Morgan fingerprint density at radius 2 is 2.10 bits per heavy atom. The predicted octanol–water partition coefficient (Wildman–Crippen LogP) is -0.308. The third-order valence-corrected chi connectivity index (χ3v) is 3.30. The van der Waals surface area contributed by atoms with Crippen LogP contribution in [0.4, 0.5) is 0 Å². The van der Waals surface area contributed by atoms with E-state index in [4.69, 9.17) is 15.9 Å². The number of nitrogens with zero attached hydrogens (tertiary/aromatic N) is 1. The van der Waals surface area contributed by atoms with Gasteiger partial charge in [-0.2, -0.15) is 0 Å². The molecule has 1 atom stereocenters. The second kappa shape index (κ2) is 7.56. The summed E-state index contributed by atoms with van der Waals surface area (Å²) < 4.78 is 0. The van der Waals surface area contributed by atoms with E-state index in [0.29, 0.717) is 18.0 Å². The SMILES string of the molecule is NCCc1nc(C(=O)NC(CCC(=O)O)C(=O)O)cs1. The lowest BCUT2D eigenvalue weighted by atomic mass is 10.1. The minimum Gasteiger partial charge on any atom is -0.481 e. The van der Waals surface area contributed by atoms with Crippen molar-refractivity contribution in [3.8, 4) is 0 Å². The molecule has 0 aliphatic carbocycles. The van der Waals surface area contributed by atoms with E-state index >= 15 is 0 Å². The normalized spacial score (nSPS) is 11.8. The fourth-order valence-electron chi connectivity index (χ4n) is 1.41. The molecule has 0 aliphatic rings. The summed E-state index contributed by atoms with van der Waals surface area (Å²) in [4.78, 5) is 37.2. The molecule has 0 aliphatic heterocycles. The standard InChI is InChI=1S/C11H15N3O5S/c12-4-3-8-13-7(5-20-8)10(17)14-6(11(18)19)1-2-9(15)16/h5-6H,1-4,12H2,(H,14,17)(H,15,16)(H,18,19). The van der Waals surface area contributed by atoms with Gasteiger partial charge in [0.25, 0.3) is 5.91 Å². The van der Waals surface area contributed by atoms with Crippen LogP contribution in [0.5, 0.6) is 0 Å². The van der Waals surface area contributed by atoms with Crippen molar-refractivity contribution in [2.45, 2.75) is 25.3 Å². The molecule has 5 N–H and O–H groups in total. The lowest BCUT2D eigenvalue weighted by Gasteiger charge is -2.12. The first-order valence-electron chi connectivity index (χ1n) is 5.84. The number of carboxylic acid groups (broad SMARTS) is 2. The molecular formula is C11H15N3O5S. The maximum absolute atomic E-state index is 11.8. The highest BCUT2D eigenvalue weighted by Crippen LogP contribution is 2.10. The number of nitrogens with one attached hydrogen (secondary N) is 1. The second-order valence-electron chi connectivity index (χ2n) is 3.96. The topological polar surface area (TPSA) is 143 Å². The lowest BCUT2D eigenvalue weighted by molar-refractivity contribution is -0.140. The van der Waals surface area contributed by atoms with E-state index in [0.717, 1.165) is 0 Å². The van der Waals surface area contributed by atoms with Crippen LogP contribution in [-0.2, 0) is 16.0 Å². The molecule has 0 bridgehead atoms. The van der Waals surface area contributed by atoms with Crippen molar-refractivity contribution in [2.75, 3.05) is 6.54 Å². The van der Waals surface area contributed by atoms with E-state index in [2.05, 4.69) is 10.3 Å². The van der Waals surface area contributed by atoms with Crippen molar-refractivity contribution in [1.29, 1.82) is 0 Å². The molecule has 1 unspecified atom stereocenters. The molecule has 1 aromatic rings. The number of thiazole rings is 1. The Kier molecular flexibility index (Phi) is 6.07. The van der Waals surface area contributed by atoms with Crippen LogP contribution in [0, 0.1) is 0 Å². The molecule has 0 saturated carbocycles. The summed E-state index contributed by atoms with van der Waals surface area (Å²) in [5.74, 6) is -3.04. The molecule has 1 heterocycles. The van der Waals surface area contributed by atoms with Crippen LogP contribution >= 0.6 is 11.3 Å². The van der Waals surface area contributed by atoms with Crippen LogP contribution in [0.3, 0.4) is 0 Å². The maximum Gasteiger partial charge on any atom is 0.326 e. The molecule has 0 spiro atoms. The van der Waals surface area contributed by atoms with E-state index in [9.17, 15) is 14.4 Å². The van der Waals surface area contributed by atoms with Gasteiger partial charge < -0.3 is 21.3 Å². The van der Waals surface area contributed by atoms with Gasteiger partial charge in [-0.05, 0) is 13.0 Å². The number of rotatable bonds is 8. The van der Waals surface area contributed by atoms with E-state index in [1.165, 1.54) is 16.7 Å². The highest BCUT2D eigenvalue weighted by molar-refractivity contribution is 7.09. The number of nitrogens with two attached hydrogens (primary N) is 1. The van der Waals surface area contributed by atoms with Gasteiger partial charge in [-0.25, -0.2) is 9.78 Å². The number of amides is 1. The Balaban J connectivity index is 2.64. The van der Waals surface area contributed by atoms with E-state index in [-0.39, 0.29) is 18.5 Å². The molecule has 1 aromatic heterocycles. The van der Waals surface area contributed by atoms with Gasteiger partial charge in [0, 0.05) is 18.2 Å². The van der Waals surface area contributed by atoms with Gasteiger partial charge in [0.05, 0.1) is 5.01 Å². The highest BCUT2D eigenvalue weighted by Gasteiger charge is 2.22. The summed E-state index contributed by atoms with van der Waals surface area (Å²) in [6, 6.07) is -1.25. The molecule has 20 heavy (non-hydrogen) atoms. The molecular weight excluding hydrogens is 286 g/mol. The first-order valence-corrected chi connectivity index (χ1v) is 6.72. The fraction of sp³-hybridized carbons (Fsp3) is 0.455. The summed E-state index contributed by atoms with van der Waals surface area (Å²) in [5.41, 5.74) is 5.48. The number of carboxylic acids is 2. The molecule has 9 heteroatoms. The zero-order chi connectivity index (χ0) is 15.1. The average Bonchev–Trinajstić information content (AvgIpc) is 2.82. The Labute approximate surface area is 118 Å². The largest absolute Gasteiger partial charge is 0.481 e. The van der Waals surface area contributed by atoms with Gasteiger partial charge in [0.15, 0.2) is 0 Å². The smallest absolute Gasteiger partial charge is 0.326 e. The maximum atomic E-state index is 11.8. The summed E-state index contributed by atoms with van der Waals surface area (Å²) >= 11 is 1.26. The van der Waals surface area contributed by atoms with Crippen LogP contribution in [0.1, 0.15) is 28.3 Å². The molecule has 1 rings (SSSR count). The van der Waals surface area contributed by atoms with Crippen LogP contribution in [0.2, 0.25) is 0 Å². The van der Waals surface area contributed by atoms with Crippen molar-refractivity contribution >= 4 is 29.2 Å². The number of aliphatic carboxylic acids is 2. The highest BCUT2D eigenvalue weighted by atomic mass is 32.1. The number of carbonyl (C=O) groups is 3. The van der Waals surface area contributed by atoms with Crippen molar-refractivity contribution in [1.82, 2.24) is 10.3 Å². The Morgan fingerprint density at radius 3 is 2.65 bits per heavy atom. The first kappa shape index (κ1) is 16.1. The minimum absolute atomic E-state index is 0.111.